The third kappa shape index (κ3) is 2.79. The maximum atomic E-state index is 12.7. The smallest absolute Gasteiger partial charge is 0.225 e. The van der Waals surface area contributed by atoms with Crippen LogP contribution in [0.5, 0.6) is 0 Å². The molecule has 0 bridgehead atoms. The van der Waals surface area contributed by atoms with Crippen LogP contribution in [0.4, 0.5) is 5.82 Å². The highest BCUT2D eigenvalue weighted by molar-refractivity contribution is 7.19. The molecule has 2 aromatic rings. The molecular formula is C20H26N4OS. The summed E-state index contributed by atoms with van der Waals surface area (Å²) in [5.74, 6) is 1.78. The Kier molecular flexibility index (Phi) is 4.31. The molecule has 2 aromatic heterocycles. The van der Waals surface area contributed by atoms with E-state index in [1.807, 2.05) is 11.3 Å². The summed E-state index contributed by atoms with van der Waals surface area (Å²) in [6.45, 7) is 3.42. The van der Waals surface area contributed by atoms with Gasteiger partial charge in [0.2, 0.25) is 5.91 Å². The van der Waals surface area contributed by atoms with Gasteiger partial charge in [0.15, 0.2) is 0 Å². The van der Waals surface area contributed by atoms with Crippen LogP contribution < -0.4 is 4.90 Å². The number of anilines is 1. The normalized spacial score (nSPS) is 21.4. The molecule has 26 heavy (non-hydrogen) atoms. The van der Waals surface area contributed by atoms with Crippen LogP contribution in [0.25, 0.3) is 10.2 Å². The van der Waals surface area contributed by atoms with Gasteiger partial charge < -0.3 is 9.80 Å². The maximum Gasteiger partial charge on any atom is 0.225 e. The predicted molar refractivity (Wildman–Crippen MR) is 105 cm³/mol. The van der Waals surface area contributed by atoms with Crippen molar-refractivity contribution in [2.45, 2.75) is 51.4 Å². The summed E-state index contributed by atoms with van der Waals surface area (Å²) in [5.41, 5.74) is 1.50. The fourth-order valence-corrected chi connectivity index (χ4v) is 6.11. The molecule has 3 aliphatic rings. The largest absolute Gasteiger partial charge is 0.352 e. The van der Waals surface area contributed by atoms with Crippen LogP contribution in [0.2, 0.25) is 0 Å². The number of carbonyl (C=O) groups excluding carboxylic acids is 1. The Labute approximate surface area is 158 Å². The number of aromatic nitrogens is 2. The van der Waals surface area contributed by atoms with Crippen molar-refractivity contribution >= 4 is 33.3 Å². The molecule has 1 amide bonds. The first-order chi connectivity index (χ1) is 12.8. The lowest BCUT2D eigenvalue weighted by molar-refractivity contribution is -0.135. The molecule has 2 fully saturated rings. The molecule has 1 aliphatic heterocycles. The maximum absolute atomic E-state index is 12.7. The van der Waals surface area contributed by atoms with E-state index >= 15 is 0 Å². The average molecular weight is 371 g/mol. The second-order valence-corrected chi connectivity index (χ2v) is 8.97. The zero-order valence-corrected chi connectivity index (χ0v) is 16.1. The van der Waals surface area contributed by atoms with Crippen molar-refractivity contribution in [1.82, 2.24) is 14.9 Å². The van der Waals surface area contributed by atoms with Gasteiger partial charge in [0.1, 0.15) is 17.0 Å². The number of fused-ring (bicyclic) bond motifs is 3. The first-order valence-corrected chi connectivity index (χ1v) is 10.9. The van der Waals surface area contributed by atoms with Crippen LogP contribution in [0.15, 0.2) is 6.33 Å². The van der Waals surface area contributed by atoms with E-state index in [4.69, 9.17) is 0 Å². The minimum Gasteiger partial charge on any atom is -0.352 e. The average Bonchev–Trinajstić information content (AvgIpc) is 3.35. The molecule has 1 saturated carbocycles. The summed E-state index contributed by atoms with van der Waals surface area (Å²) < 4.78 is 0. The van der Waals surface area contributed by atoms with E-state index in [-0.39, 0.29) is 5.92 Å². The van der Waals surface area contributed by atoms with E-state index in [0.717, 1.165) is 56.1 Å². The molecule has 5 nitrogen and oxygen atoms in total. The van der Waals surface area contributed by atoms with Crippen molar-refractivity contribution in [2.75, 3.05) is 31.1 Å². The fourth-order valence-electron chi connectivity index (χ4n) is 4.88. The van der Waals surface area contributed by atoms with Crippen LogP contribution in [-0.4, -0.2) is 47.0 Å². The molecule has 1 saturated heterocycles. The number of carbonyl (C=O) groups is 1. The molecule has 3 heterocycles. The van der Waals surface area contributed by atoms with Gasteiger partial charge in [-0.3, -0.25) is 4.79 Å². The third-order valence-electron chi connectivity index (χ3n) is 6.33. The lowest BCUT2D eigenvalue weighted by Gasteiger charge is -2.37. The summed E-state index contributed by atoms with van der Waals surface area (Å²) in [4.78, 5) is 29.1. The van der Waals surface area contributed by atoms with Gasteiger partial charge in [0.05, 0.1) is 5.39 Å². The van der Waals surface area contributed by atoms with Crippen molar-refractivity contribution in [1.29, 1.82) is 0 Å². The molecule has 0 radical (unpaired) electrons. The second-order valence-electron chi connectivity index (χ2n) is 7.88. The van der Waals surface area contributed by atoms with Gasteiger partial charge in [0.25, 0.3) is 0 Å². The Morgan fingerprint density at radius 3 is 2.58 bits per heavy atom. The topological polar surface area (TPSA) is 49.3 Å². The Hall–Kier alpha value is -1.69. The van der Waals surface area contributed by atoms with Gasteiger partial charge in [-0.2, -0.15) is 0 Å². The van der Waals surface area contributed by atoms with Gasteiger partial charge >= 0.3 is 0 Å². The first kappa shape index (κ1) is 16.5. The highest BCUT2D eigenvalue weighted by Gasteiger charge is 2.30. The summed E-state index contributed by atoms with van der Waals surface area (Å²) >= 11 is 1.86. The van der Waals surface area contributed by atoms with Crippen LogP contribution in [-0.2, 0) is 17.6 Å². The monoisotopic (exact) mass is 370 g/mol. The fraction of sp³-hybridized carbons (Fsp3) is 0.650. The number of thiophene rings is 1. The Morgan fingerprint density at radius 1 is 1.00 bits per heavy atom. The molecule has 0 atom stereocenters. The van der Waals surface area contributed by atoms with E-state index < -0.39 is 0 Å². The zero-order chi connectivity index (χ0) is 17.5. The standard InChI is InChI=1S/C20H26N4OS/c25-20(14-5-1-2-6-14)24-11-9-23(10-12-24)18-17-15-7-3-4-8-16(15)26-19(17)22-13-21-18/h13-14H,1-12H2. The molecule has 0 aromatic carbocycles. The summed E-state index contributed by atoms with van der Waals surface area (Å²) in [6.07, 6.45) is 11.3. The van der Waals surface area contributed by atoms with Crippen molar-refractivity contribution in [3.05, 3.63) is 16.8 Å². The quantitative estimate of drug-likeness (QED) is 0.813. The lowest BCUT2D eigenvalue weighted by atomic mass is 9.97. The minimum absolute atomic E-state index is 0.288. The van der Waals surface area contributed by atoms with Gasteiger partial charge in [-0.1, -0.05) is 12.8 Å². The number of rotatable bonds is 2. The number of hydrogen-bond acceptors (Lipinski definition) is 5. The van der Waals surface area contributed by atoms with E-state index in [0.29, 0.717) is 5.91 Å². The van der Waals surface area contributed by atoms with Crippen molar-refractivity contribution in [2.24, 2.45) is 5.92 Å². The van der Waals surface area contributed by atoms with E-state index in [2.05, 4.69) is 19.8 Å². The molecular weight excluding hydrogens is 344 g/mol. The highest BCUT2D eigenvalue weighted by Crippen LogP contribution is 2.39. The van der Waals surface area contributed by atoms with Crippen LogP contribution in [0.1, 0.15) is 49.0 Å². The summed E-state index contributed by atoms with van der Waals surface area (Å²) in [6, 6.07) is 0. The molecule has 5 rings (SSSR count). The first-order valence-electron chi connectivity index (χ1n) is 10.1. The SMILES string of the molecule is O=C(C1CCCC1)N1CCN(c2ncnc3sc4c(c23)CCCC4)CC1. The Morgan fingerprint density at radius 2 is 1.77 bits per heavy atom. The molecule has 0 N–H and O–H groups in total. The number of aryl methyl sites for hydroxylation is 2. The highest BCUT2D eigenvalue weighted by atomic mass is 32.1. The lowest BCUT2D eigenvalue weighted by Crippen LogP contribution is -2.50. The Balaban J connectivity index is 1.36. The van der Waals surface area contributed by atoms with Crippen molar-refractivity contribution in [3.8, 4) is 0 Å². The van der Waals surface area contributed by atoms with Gasteiger partial charge in [-0.15, -0.1) is 11.3 Å². The third-order valence-corrected chi connectivity index (χ3v) is 7.53. The van der Waals surface area contributed by atoms with Gasteiger partial charge in [0, 0.05) is 37.0 Å². The molecule has 0 unspecified atom stereocenters. The second kappa shape index (κ2) is 6.80. The van der Waals surface area contributed by atoms with E-state index in [1.165, 1.54) is 47.9 Å². The number of piperazine rings is 1. The predicted octanol–water partition coefficient (Wildman–Crippen LogP) is 3.41. The summed E-state index contributed by atoms with van der Waals surface area (Å²) in [5, 5.41) is 1.29. The zero-order valence-electron chi connectivity index (χ0n) is 15.2. The van der Waals surface area contributed by atoms with E-state index in [9.17, 15) is 4.79 Å². The number of amides is 1. The van der Waals surface area contributed by atoms with E-state index in [1.54, 1.807) is 6.33 Å². The van der Waals surface area contributed by atoms with Crippen molar-refractivity contribution in [3.63, 3.8) is 0 Å². The van der Waals surface area contributed by atoms with Crippen LogP contribution in [0.3, 0.4) is 0 Å². The van der Waals surface area contributed by atoms with Gasteiger partial charge in [-0.05, 0) is 44.1 Å². The molecule has 6 heteroatoms. The van der Waals surface area contributed by atoms with Crippen LogP contribution >= 0.6 is 11.3 Å². The van der Waals surface area contributed by atoms with Crippen molar-refractivity contribution < 1.29 is 4.79 Å². The molecule has 2 aliphatic carbocycles. The van der Waals surface area contributed by atoms with Crippen LogP contribution in [0, 0.1) is 5.92 Å². The summed E-state index contributed by atoms with van der Waals surface area (Å²) in [7, 11) is 0. The minimum atomic E-state index is 0.288. The molecule has 138 valence electrons. The number of hydrogen-bond donors (Lipinski definition) is 0. The Bertz CT molecular complexity index is 819. The van der Waals surface area contributed by atoms with Gasteiger partial charge in [-0.25, -0.2) is 9.97 Å². The molecule has 0 spiro atoms. The number of nitrogens with zero attached hydrogens (tertiary/aromatic N) is 4.